The second-order valence-electron chi connectivity index (χ2n) is 16.0. The lowest BCUT2D eigenvalue weighted by Crippen LogP contribution is -2.07. The summed E-state index contributed by atoms with van der Waals surface area (Å²) >= 11 is 1.79. The molecule has 0 aliphatic rings. The second-order valence-corrected chi connectivity index (χ2v) is 17.0. The van der Waals surface area contributed by atoms with Gasteiger partial charge in [-0.2, -0.15) is 9.97 Å². The number of para-hydroxylation sites is 2. The normalized spacial score (nSPS) is 11.8. The number of nitrogens with zero attached hydrogens (tertiary/aromatic N) is 5. The molecule has 13 rings (SSSR count). The van der Waals surface area contributed by atoms with Gasteiger partial charge in [0.25, 0.3) is 0 Å². The zero-order valence-electron chi connectivity index (χ0n) is 33.9. The summed E-state index contributed by atoms with van der Waals surface area (Å²) in [6.45, 7) is 0. The number of aromatic nitrogens is 5. The number of hydrogen-bond acceptors (Lipinski definition) is 4. The fourth-order valence-electron chi connectivity index (χ4n) is 9.62. The largest absolute Gasteiger partial charge is 0.307 e. The monoisotopic (exact) mass is 821 g/mol. The van der Waals surface area contributed by atoms with Crippen LogP contribution in [0.3, 0.4) is 0 Å². The van der Waals surface area contributed by atoms with E-state index in [1.807, 2.05) is 18.2 Å². The summed E-state index contributed by atoms with van der Waals surface area (Å²) in [6, 6.07) is 75.6. The van der Waals surface area contributed by atoms with Crippen LogP contribution in [0.2, 0.25) is 0 Å². The van der Waals surface area contributed by atoms with Gasteiger partial charge < -0.3 is 4.57 Å². The van der Waals surface area contributed by atoms with Gasteiger partial charge in [-0.25, -0.2) is 4.98 Å². The van der Waals surface area contributed by atoms with Crippen LogP contribution < -0.4 is 0 Å². The molecule has 0 unspecified atom stereocenters. The molecule has 4 heterocycles. The van der Waals surface area contributed by atoms with Gasteiger partial charge >= 0.3 is 0 Å². The third-order valence-electron chi connectivity index (χ3n) is 12.4. The molecule has 0 amide bonds. The molecular formula is C57H35N5S. The predicted octanol–water partition coefficient (Wildman–Crippen LogP) is 15.1. The minimum Gasteiger partial charge on any atom is -0.307 e. The molecule has 9 aromatic carbocycles. The smallest absolute Gasteiger partial charge is 0.238 e. The maximum atomic E-state index is 5.49. The van der Waals surface area contributed by atoms with Crippen LogP contribution in [0.15, 0.2) is 212 Å². The molecule has 4 aromatic heterocycles. The standard InChI is InChI=1S/C57H35N5S/c1-3-17-36(18-4-1)40-23-7-8-24-41(40)38-21-15-22-39(35-38)61-49-30-12-9-25-42(49)45-33-34-46-43-26-10-13-31-50(43)62(53(46)52(45)61)57-59-55(37-19-5-2-6-20-37)58-56(60-57)48-29-16-28-47-44-27-11-14-32-51(44)63-54(47)48/h1-35H. The number of benzene rings is 9. The van der Waals surface area contributed by atoms with Gasteiger partial charge in [-0.1, -0.05) is 176 Å². The first-order valence-electron chi connectivity index (χ1n) is 21.2. The Labute approximate surface area is 366 Å². The molecule has 63 heavy (non-hydrogen) atoms. The van der Waals surface area contributed by atoms with Crippen LogP contribution in [-0.2, 0) is 0 Å². The lowest BCUT2D eigenvalue weighted by atomic mass is 9.94. The molecule has 0 radical (unpaired) electrons. The number of hydrogen-bond donors (Lipinski definition) is 0. The fourth-order valence-corrected chi connectivity index (χ4v) is 10.8. The average molecular weight is 822 g/mol. The van der Waals surface area contributed by atoms with Crippen molar-refractivity contribution in [3.8, 4) is 56.7 Å². The van der Waals surface area contributed by atoms with E-state index >= 15 is 0 Å². The lowest BCUT2D eigenvalue weighted by Gasteiger charge is -2.15. The summed E-state index contributed by atoms with van der Waals surface area (Å²) in [4.78, 5) is 16.1. The van der Waals surface area contributed by atoms with Crippen LogP contribution in [0, 0.1) is 0 Å². The molecule has 294 valence electrons. The molecule has 5 nitrogen and oxygen atoms in total. The van der Waals surface area contributed by atoms with Crippen LogP contribution in [0.1, 0.15) is 0 Å². The Balaban J connectivity index is 1.12. The van der Waals surface area contributed by atoms with Crippen LogP contribution in [0.5, 0.6) is 0 Å². The van der Waals surface area contributed by atoms with Crippen molar-refractivity contribution in [2.45, 2.75) is 0 Å². The minimum atomic E-state index is 0.568. The van der Waals surface area contributed by atoms with E-state index in [1.165, 1.54) is 37.5 Å². The SMILES string of the molecule is c1ccc(-c2nc(-c3cccc4c3sc3ccccc34)nc(-n3c4ccccc4c4ccc5c6ccccc6n(-c6cccc(-c7ccccc7-c7ccccc7)c6)c5c43)n2)cc1. The summed E-state index contributed by atoms with van der Waals surface area (Å²) < 4.78 is 7.12. The van der Waals surface area contributed by atoms with Gasteiger partial charge in [-0.3, -0.25) is 4.57 Å². The maximum absolute atomic E-state index is 5.49. The van der Waals surface area contributed by atoms with Crippen molar-refractivity contribution < 1.29 is 0 Å². The number of rotatable bonds is 6. The minimum absolute atomic E-state index is 0.568. The van der Waals surface area contributed by atoms with Crippen molar-refractivity contribution in [1.82, 2.24) is 24.1 Å². The molecular weight excluding hydrogens is 787 g/mol. The highest BCUT2D eigenvalue weighted by Gasteiger charge is 2.24. The van der Waals surface area contributed by atoms with E-state index in [9.17, 15) is 0 Å². The summed E-state index contributed by atoms with van der Waals surface area (Å²) in [5.74, 6) is 1.83. The van der Waals surface area contributed by atoms with Gasteiger partial charge in [0.1, 0.15) is 0 Å². The molecule has 0 aliphatic carbocycles. The van der Waals surface area contributed by atoms with Gasteiger partial charge in [-0.05, 0) is 58.7 Å². The summed E-state index contributed by atoms with van der Waals surface area (Å²) in [6.07, 6.45) is 0. The summed E-state index contributed by atoms with van der Waals surface area (Å²) in [7, 11) is 0. The van der Waals surface area contributed by atoms with E-state index in [0.29, 0.717) is 17.6 Å². The first-order chi connectivity index (χ1) is 31.3. The molecule has 0 bridgehead atoms. The van der Waals surface area contributed by atoms with Crippen LogP contribution in [0.25, 0.3) is 120 Å². The third kappa shape index (κ3) is 5.59. The predicted molar refractivity (Wildman–Crippen MR) is 263 cm³/mol. The zero-order valence-corrected chi connectivity index (χ0v) is 34.7. The molecule has 0 saturated carbocycles. The van der Waals surface area contributed by atoms with Gasteiger partial charge in [0.2, 0.25) is 5.95 Å². The highest BCUT2D eigenvalue weighted by Crippen LogP contribution is 2.44. The molecule has 0 N–H and O–H groups in total. The molecule has 0 aliphatic heterocycles. The zero-order chi connectivity index (χ0) is 41.4. The van der Waals surface area contributed by atoms with E-state index in [0.717, 1.165) is 65.3 Å². The Morgan fingerprint density at radius 2 is 0.857 bits per heavy atom. The van der Waals surface area contributed by atoms with Gasteiger partial charge in [-0.15, -0.1) is 11.3 Å². The molecule has 13 aromatic rings. The van der Waals surface area contributed by atoms with Gasteiger partial charge in [0, 0.05) is 58.5 Å². The summed E-state index contributed by atoms with van der Waals surface area (Å²) in [5, 5.41) is 7.04. The third-order valence-corrected chi connectivity index (χ3v) is 13.6. The van der Waals surface area contributed by atoms with E-state index in [1.54, 1.807) is 11.3 Å². The Morgan fingerprint density at radius 3 is 1.60 bits per heavy atom. The van der Waals surface area contributed by atoms with Crippen molar-refractivity contribution in [2.75, 3.05) is 0 Å². The molecule has 0 fully saturated rings. The van der Waals surface area contributed by atoms with Crippen molar-refractivity contribution in [3.05, 3.63) is 212 Å². The van der Waals surface area contributed by atoms with Crippen LogP contribution >= 0.6 is 11.3 Å². The maximum Gasteiger partial charge on any atom is 0.238 e. The van der Waals surface area contributed by atoms with E-state index in [4.69, 9.17) is 15.0 Å². The highest BCUT2D eigenvalue weighted by molar-refractivity contribution is 7.26. The summed E-state index contributed by atoms with van der Waals surface area (Å²) in [5.41, 5.74) is 12.0. The Morgan fingerprint density at radius 1 is 0.333 bits per heavy atom. The van der Waals surface area contributed by atoms with Crippen LogP contribution in [-0.4, -0.2) is 24.1 Å². The quantitative estimate of drug-likeness (QED) is 0.168. The lowest BCUT2D eigenvalue weighted by molar-refractivity contribution is 0.954. The Kier molecular flexibility index (Phi) is 8.01. The van der Waals surface area contributed by atoms with Crippen molar-refractivity contribution in [2.24, 2.45) is 0 Å². The molecule has 0 atom stereocenters. The van der Waals surface area contributed by atoms with Crippen molar-refractivity contribution in [1.29, 1.82) is 0 Å². The fraction of sp³-hybridized carbons (Fsp3) is 0. The van der Waals surface area contributed by atoms with E-state index < -0.39 is 0 Å². The molecule has 6 heteroatoms. The topological polar surface area (TPSA) is 48.5 Å². The second kappa shape index (κ2) is 14.2. The van der Waals surface area contributed by atoms with Crippen LogP contribution in [0.4, 0.5) is 0 Å². The van der Waals surface area contributed by atoms with E-state index in [-0.39, 0.29) is 0 Å². The Hall–Kier alpha value is -8.19. The van der Waals surface area contributed by atoms with E-state index in [2.05, 4.69) is 203 Å². The Bertz CT molecular complexity index is 3920. The van der Waals surface area contributed by atoms with Crippen molar-refractivity contribution in [3.63, 3.8) is 0 Å². The number of fused-ring (bicyclic) bond motifs is 10. The average Bonchev–Trinajstić information content (AvgIpc) is 4.02. The first-order valence-corrected chi connectivity index (χ1v) is 22.0. The van der Waals surface area contributed by atoms with Gasteiger partial charge in [0.05, 0.1) is 22.1 Å². The highest BCUT2D eigenvalue weighted by atomic mass is 32.1. The van der Waals surface area contributed by atoms with Gasteiger partial charge in [0.15, 0.2) is 11.6 Å². The van der Waals surface area contributed by atoms with Crippen molar-refractivity contribution >= 4 is 75.1 Å². The first kappa shape index (κ1) is 35.6. The molecule has 0 saturated heterocycles. The molecule has 0 spiro atoms. The number of thiophene rings is 1.